The third-order valence-corrected chi connectivity index (χ3v) is 6.94. The van der Waals surface area contributed by atoms with E-state index in [9.17, 15) is 0 Å². The molecule has 0 rings (SSSR count). The van der Waals surface area contributed by atoms with E-state index in [1.54, 1.807) is 0 Å². The molecule has 0 saturated heterocycles. The molecule has 0 bridgehead atoms. The summed E-state index contributed by atoms with van der Waals surface area (Å²) in [5.41, 5.74) is 3.03. The van der Waals surface area contributed by atoms with Gasteiger partial charge in [-0.25, -0.2) is 0 Å². The lowest BCUT2D eigenvalue weighted by molar-refractivity contribution is 0.651. The molecule has 0 aromatic carbocycles. The monoisotopic (exact) mass is 160 g/mol. The van der Waals surface area contributed by atoms with Gasteiger partial charge < -0.3 is 0 Å². The normalized spacial score (nSPS) is 13.8. The molecule has 0 saturated carbocycles. The van der Waals surface area contributed by atoms with Crippen molar-refractivity contribution in [2.45, 2.75) is 38.9 Å². The second-order valence-electron chi connectivity index (χ2n) is 4.25. The van der Waals surface area contributed by atoms with Gasteiger partial charge in [0, 0.05) is 0 Å². The van der Waals surface area contributed by atoms with Crippen molar-refractivity contribution < 1.29 is 0 Å². The largest absolute Gasteiger partial charge is 0.279 e. The number of hydrogen-bond acceptors (Lipinski definition) is 2. The van der Waals surface area contributed by atoms with Crippen molar-refractivity contribution in [3.05, 3.63) is 0 Å². The van der Waals surface area contributed by atoms with E-state index in [4.69, 9.17) is 0 Å². The van der Waals surface area contributed by atoms with Crippen LogP contribution in [0.25, 0.3) is 0 Å². The fourth-order valence-corrected chi connectivity index (χ4v) is 1.50. The summed E-state index contributed by atoms with van der Waals surface area (Å²) in [6, 6.07) is 0. The molecule has 10 heavy (non-hydrogen) atoms. The van der Waals surface area contributed by atoms with Crippen LogP contribution in [0.2, 0.25) is 18.1 Å². The van der Waals surface area contributed by atoms with Gasteiger partial charge in [0.2, 0.25) is 0 Å². The lowest BCUT2D eigenvalue weighted by Gasteiger charge is -2.36. The topological polar surface area (TPSA) is 24.1 Å². The third kappa shape index (κ3) is 2.40. The fraction of sp³-hybridized carbons (Fsp3) is 1.00. The van der Waals surface area contributed by atoms with Gasteiger partial charge in [0.05, 0.1) is 0 Å². The minimum Gasteiger partial charge on any atom is -0.279 e. The smallest absolute Gasteiger partial charge is 0.140 e. The molecule has 2 nitrogen and oxygen atoms in total. The lowest BCUT2D eigenvalue weighted by atomic mass is 10.2. The van der Waals surface area contributed by atoms with E-state index >= 15 is 0 Å². The zero-order chi connectivity index (χ0) is 8.41. The van der Waals surface area contributed by atoms with E-state index in [2.05, 4.69) is 44.4 Å². The van der Waals surface area contributed by atoms with E-state index in [-0.39, 0.29) is 0 Å². The lowest BCUT2D eigenvalue weighted by Crippen LogP contribution is -2.56. The zero-order valence-electron chi connectivity index (χ0n) is 8.00. The molecular weight excluding hydrogens is 140 g/mol. The van der Waals surface area contributed by atoms with Gasteiger partial charge in [0.25, 0.3) is 0 Å². The molecule has 0 atom stereocenters. The molecule has 0 aliphatic rings. The molecule has 0 unspecified atom stereocenters. The summed E-state index contributed by atoms with van der Waals surface area (Å²) in [5.74, 6) is 0. The van der Waals surface area contributed by atoms with Gasteiger partial charge in [-0.3, -0.25) is 10.5 Å². The first-order valence-corrected chi connectivity index (χ1v) is 6.75. The van der Waals surface area contributed by atoms with Crippen molar-refractivity contribution in [3.8, 4) is 0 Å². The summed E-state index contributed by atoms with van der Waals surface area (Å²) in [6.07, 6.45) is 0. The van der Waals surface area contributed by atoms with E-state index in [0.717, 1.165) is 0 Å². The Hall–Kier alpha value is 0.137. The summed E-state index contributed by atoms with van der Waals surface area (Å²) < 4.78 is 0. The summed E-state index contributed by atoms with van der Waals surface area (Å²) in [6.45, 7) is 11.5. The Morgan fingerprint density at radius 2 is 1.50 bits per heavy atom. The second kappa shape index (κ2) is 3.03. The van der Waals surface area contributed by atoms with Gasteiger partial charge in [-0.05, 0) is 12.1 Å². The maximum atomic E-state index is 3.35. The van der Waals surface area contributed by atoms with Crippen LogP contribution in [-0.2, 0) is 0 Å². The highest BCUT2D eigenvalue weighted by molar-refractivity contribution is 6.77. The summed E-state index contributed by atoms with van der Waals surface area (Å²) >= 11 is 0. The Kier molecular flexibility index (Phi) is 3.07. The number of nitrogens with one attached hydrogen (secondary N) is 2. The Morgan fingerprint density at radius 3 is 1.60 bits per heavy atom. The highest BCUT2D eigenvalue weighted by atomic mass is 28.3. The van der Waals surface area contributed by atoms with Crippen LogP contribution < -0.4 is 10.5 Å². The maximum Gasteiger partial charge on any atom is 0.140 e. The average Bonchev–Trinajstić information content (AvgIpc) is 1.61. The molecule has 0 heterocycles. The molecule has 3 heteroatoms. The molecule has 2 N–H and O–H groups in total. The molecule has 0 radical (unpaired) electrons. The van der Waals surface area contributed by atoms with Gasteiger partial charge in [-0.2, -0.15) is 0 Å². The standard InChI is InChI=1S/C7H20N2Si/c1-7(2,3)10(5,6)9-8-4/h8-9H,1-6H3. The first-order valence-electron chi connectivity index (χ1n) is 3.75. The summed E-state index contributed by atoms with van der Waals surface area (Å²) in [5, 5.41) is 3.76. The predicted molar refractivity (Wildman–Crippen MR) is 49.4 cm³/mol. The van der Waals surface area contributed by atoms with Crippen LogP contribution in [-0.4, -0.2) is 15.3 Å². The number of rotatable bonds is 2. The molecule has 62 valence electrons. The molecule has 0 fully saturated rings. The molecule has 0 aliphatic carbocycles. The van der Waals surface area contributed by atoms with Gasteiger partial charge in [-0.1, -0.05) is 33.9 Å². The van der Waals surface area contributed by atoms with Gasteiger partial charge in [0.1, 0.15) is 8.24 Å². The van der Waals surface area contributed by atoms with Gasteiger partial charge in [0.15, 0.2) is 0 Å². The van der Waals surface area contributed by atoms with Crippen molar-refractivity contribution in [2.24, 2.45) is 0 Å². The van der Waals surface area contributed by atoms with E-state index in [1.165, 1.54) is 0 Å². The quantitative estimate of drug-likeness (QED) is 0.475. The summed E-state index contributed by atoms with van der Waals surface area (Å²) in [7, 11) is 0.665. The van der Waals surface area contributed by atoms with Crippen molar-refractivity contribution in [1.82, 2.24) is 10.5 Å². The van der Waals surface area contributed by atoms with Gasteiger partial charge >= 0.3 is 0 Å². The van der Waals surface area contributed by atoms with Crippen molar-refractivity contribution in [2.75, 3.05) is 7.05 Å². The molecule has 0 aromatic heterocycles. The molecular formula is C7H20N2Si. The molecule has 0 aromatic rings. The van der Waals surface area contributed by atoms with Crippen LogP contribution in [0.15, 0.2) is 0 Å². The Balaban J connectivity index is 4.10. The van der Waals surface area contributed by atoms with Crippen molar-refractivity contribution >= 4 is 8.24 Å². The SMILES string of the molecule is CNN[Si](C)(C)C(C)(C)C. The molecule has 0 spiro atoms. The molecule has 0 amide bonds. The van der Waals surface area contributed by atoms with E-state index in [0.29, 0.717) is 5.04 Å². The first-order chi connectivity index (χ1) is 4.31. The second-order valence-corrected chi connectivity index (χ2v) is 9.25. The Morgan fingerprint density at radius 1 is 1.10 bits per heavy atom. The Labute approximate surface area is 65.5 Å². The third-order valence-electron chi connectivity index (χ3n) is 2.31. The van der Waals surface area contributed by atoms with Gasteiger partial charge in [-0.15, -0.1) is 0 Å². The minimum atomic E-state index is -1.27. The van der Waals surface area contributed by atoms with Crippen LogP contribution in [0.3, 0.4) is 0 Å². The molecule has 0 aliphatic heterocycles. The number of hydrogen-bond donors (Lipinski definition) is 2. The highest BCUT2D eigenvalue weighted by Crippen LogP contribution is 2.32. The maximum absolute atomic E-state index is 3.35. The van der Waals surface area contributed by atoms with Crippen LogP contribution in [0, 0.1) is 0 Å². The highest BCUT2D eigenvalue weighted by Gasteiger charge is 2.34. The van der Waals surface area contributed by atoms with E-state index in [1.807, 2.05) is 7.05 Å². The average molecular weight is 160 g/mol. The Bertz CT molecular complexity index is 105. The summed E-state index contributed by atoms with van der Waals surface area (Å²) in [4.78, 5) is 0. The van der Waals surface area contributed by atoms with Crippen LogP contribution in [0.4, 0.5) is 0 Å². The van der Waals surface area contributed by atoms with Crippen LogP contribution >= 0.6 is 0 Å². The van der Waals surface area contributed by atoms with Crippen LogP contribution in [0.5, 0.6) is 0 Å². The fourth-order valence-electron chi connectivity index (χ4n) is 0.500. The number of hydrazine groups is 1. The van der Waals surface area contributed by atoms with Crippen LogP contribution in [0.1, 0.15) is 20.8 Å². The van der Waals surface area contributed by atoms with Crippen molar-refractivity contribution in [1.29, 1.82) is 0 Å². The predicted octanol–water partition coefficient (Wildman–Crippen LogP) is 1.72. The first kappa shape index (κ1) is 10.1. The van der Waals surface area contributed by atoms with E-state index < -0.39 is 8.24 Å². The minimum absolute atomic E-state index is 0.413. The van der Waals surface area contributed by atoms with Crippen molar-refractivity contribution in [3.63, 3.8) is 0 Å². The zero-order valence-corrected chi connectivity index (χ0v) is 9.00.